The molecule has 1 aliphatic carbocycles. The highest BCUT2D eigenvalue weighted by molar-refractivity contribution is 5.92. The van der Waals surface area contributed by atoms with Crippen molar-refractivity contribution >= 4 is 10.9 Å². The van der Waals surface area contributed by atoms with Crippen LogP contribution in [-0.4, -0.2) is 16.7 Å². The first-order valence-electron chi connectivity index (χ1n) is 12.0. The summed E-state index contributed by atoms with van der Waals surface area (Å²) in [4.78, 5) is 18.1. The normalized spacial score (nSPS) is 12.8. The number of rotatable bonds is 4. The monoisotopic (exact) mass is 450 g/mol. The molecule has 1 aromatic carbocycles. The van der Waals surface area contributed by atoms with E-state index in [0.717, 1.165) is 58.3 Å². The van der Waals surface area contributed by atoms with Gasteiger partial charge in [-0.1, -0.05) is 33.8 Å². The van der Waals surface area contributed by atoms with E-state index in [-0.39, 0.29) is 18.0 Å². The van der Waals surface area contributed by atoms with Crippen molar-refractivity contribution in [1.82, 2.24) is 9.55 Å². The third-order valence-corrected chi connectivity index (χ3v) is 6.37. The van der Waals surface area contributed by atoms with Gasteiger partial charge in [0.05, 0.1) is 30.1 Å². The molecule has 2 aromatic heterocycles. The summed E-state index contributed by atoms with van der Waals surface area (Å²) in [6.07, 6.45) is 5.19. The van der Waals surface area contributed by atoms with Crippen molar-refractivity contribution in [3.63, 3.8) is 0 Å². The summed E-state index contributed by atoms with van der Waals surface area (Å²) in [7, 11) is 1.60. The summed E-state index contributed by atoms with van der Waals surface area (Å²) < 4.78 is 21.6. The van der Waals surface area contributed by atoms with Crippen LogP contribution in [0.1, 0.15) is 67.5 Å². The molecule has 1 aliphatic heterocycles. The van der Waals surface area contributed by atoms with E-state index in [4.69, 9.17) is 9.72 Å². The number of methoxy groups -OCH3 is 1. The van der Waals surface area contributed by atoms with E-state index in [9.17, 15) is 9.18 Å². The molecule has 3 heterocycles. The Morgan fingerprint density at radius 1 is 1.15 bits per heavy atom. The number of halogens is 1. The van der Waals surface area contributed by atoms with Gasteiger partial charge in [0.1, 0.15) is 5.82 Å². The predicted octanol–water partition coefficient (Wildman–Crippen LogP) is 6.29. The minimum Gasteiger partial charge on any atom is -0.380 e. The number of hydrogen-bond acceptors (Lipinski definition) is 3. The number of hydrogen-bond donors (Lipinski definition) is 0. The van der Waals surface area contributed by atoms with Crippen molar-refractivity contribution in [2.75, 3.05) is 7.11 Å². The average Bonchev–Trinajstić information content (AvgIpc) is 3.21. The van der Waals surface area contributed by atoms with Gasteiger partial charge in [-0.3, -0.25) is 4.79 Å². The number of fused-ring (bicyclic) bond motifs is 4. The van der Waals surface area contributed by atoms with Gasteiger partial charge >= 0.3 is 0 Å². The van der Waals surface area contributed by atoms with Crippen molar-refractivity contribution in [2.45, 2.75) is 73.5 Å². The lowest BCUT2D eigenvalue weighted by atomic mass is 9.85. The summed E-state index contributed by atoms with van der Waals surface area (Å²) in [5, 5.41) is 1.10. The van der Waals surface area contributed by atoms with Crippen LogP contribution in [0.15, 0.2) is 29.6 Å². The molecule has 0 bridgehead atoms. The summed E-state index contributed by atoms with van der Waals surface area (Å²) >= 11 is 0. The van der Waals surface area contributed by atoms with Crippen molar-refractivity contribution in [2.24, 2.45) is 0 Å². The van der Waals surface area contributed by atoms with Crippen molar-refractivity contribution in [3.05, 3.63) is 74.3 Å². The second-order valence-electron chi connectivity index (χ2n) is 7.98. The zero-order chi connectivity index (χ0) is 24.3. The van der Waals surface area contributed by atoms with Gasteiger partial charge in [0.2, 0.25) is 0 Å². The SMILES string of the molecule is C=CCc1cc2n(c(=O)c1COC)Cc1c-2nc2cc(F)c(C)c3c2c1CCC3.CC.CC. The number of allylic oxidation sites excluding steroid dienone is 1. The molecule has 0 radical (unpaired) electrons. The Hall–Kier alpha value is -2.79. The molecule has 5 rings (SSSR count). The summed E-state index contributed by atoms with van der Waals surface area (Å²) in [6.45, 7) is 14.5. The Morgan fingerprint density at radius 3 is 2.52 bits per heavy atom. The number of benzene rings is 1. The molecular weight excluding hydrogens is 415 g/mol. The molecule has 0 fully saturated rings. The van der Waals surface area contributed by atoms with Gasteiger partial charge in [-0.15, -0.1) is 6.58 Å². The lowest BCUT2D eigenvalue weighted by Crippen LogP contribution is -2.25. The molecule has 0 saturated heterocycles. The summed E-state index contributed by atoms with van der Waals surface area (Å²) in [6, 6.07) is 3.58. The largest absolute Gasteiger partial charge is 0.380 e. The van der Waals surface area contributed by atoms with Crippen LogP contribution in [-0.2, 0) is 37.2 Å². The minimum absolute atomic E-state index is 0.0335. The van der Waals surface area contributed by atoms with E-state index in [2.05, 4.69) is 6.58 Å². The zero-order valence-electron chi connectivity index (χ0n) is 20.8. The highest BCUT2D eigenvalue weighted by Gasteiger charge is 2.30. The van der Waals surface area contributed by atoms with Crippen molar-refractivity contribution in [1.29, 1.82) is 0 Å². The van der Waals surface area contributed by atoms with Crippen LogP contribution in [0.3, 0.4) is 0 Å². The Morgan fingerprint density at radius 2 is 1.85 bits per heavy atom. The van der Waals surface area contributed by atoms with Crippen LogP contribution in [0, 0.1) is 12.7 Å². The fourth-order valence-electron chi connectivity index (χ4n) is 4.99. The van der Waals surface area contributed by atoms with Crippen LogP contribution in [0.25, 0.3) is 22.3 Å². The van der Waals surface area contributed by atoms with Crippen molar-refractivity contribution in [3.8, 4) is 11.4 Å². The Kier molecular flexibility index (Phi) is 7.85. The standard InChI is InChI=1S/C24H23FN2O2.2C2H6/c1-4-6-14-9-21-23-17(11-27(21)24(28)18(14)12-29-3)16-8-5-7-15-13(2)19(25)10-20(26-23)22(15)16;2*1-2/h4,9-10H,1,5-8,11-12H2,2-3H3;2*1-2H3. The molecule has 3 aromatic rings. The van der Waals surface area contributed by atoms with Gasteiger partial charge in [0.25, 0.3) is 5.56 Å². The molecule has 2 aliphatic rings. The zero-order valence-corrected chi connectivity index (χ0v) is 20.8. The third-order valence-electron chi connectivity index (χ3n) is 6.37. The molecular formula is C28H35FN2O2. The number of aryl methyl sites for hydroxylation is 2. The maximum atomic E-state index is 14.5. The summed E-state index contributed by atoms with van der Waals surface area (Å²) in [5.41, 5.74) is 8.02. The molecule has 33 heavy (non-hydrogen) atoms. The van der Waals surface area contributed by atoms with E-state index in [0.29, 0.717) is 24.0 Å². The van der Waals surface area contributed by atoms with E-state index in [1.54, 1.807) is 23.8 Å². The van der Waals surface area contributed by atoms with E-state index >= 15 is 0 Å². The number of aromatic nitrogens is 2. The van der Waals surface area contributed by atoms with E-state index < -0.39 is 0 Å². The molecule has 0 spiro atoms. The maximum Gasteiger partial charge on any atom is 0.257 e. The number of ether oxygens (including phenoxy) is 1. The lowest BCUT2D eigenvalue weighted by Gasteiger charge is -2.21. The molecule has 0 N–H and O–H groups in total. The first kappa shape index (κ1) is 24.8. The van der Waals surface area contributed by atoms with Crippen LogP contribution >= 0.6 is 0 Å². The predicted molar refractivity (Wildman–Crippen MR) is 135 cm³/mol. The van der Waals surface area contributed by atoms with Crippen LogP contribution in [0.4, 0.5) is 4.39 Å². The highest BCUT2D eigenvalue weighted by Crippen LogP contribution is 2.41. The lowest BCUT2D eigenvalue weighted by molar-refractivity contribution is 0.182. The van der Waals surface area contributed by atoms with Gasteiger partial charge in [0.15, 0.2) is 0 Å². The molecule has 176 valence electrons. The van der Waals surface area contributed by atoms with Gasteiger partial charge < -0.3 is 9.30 Å². The third kappa shape index (κ3) is 4.04. The van der Waals surface area contributed by atoms with Gasteiger partial charge in [-0.2, -0.15) is 0 Å². The Labute approximate surface area is 196 Å². The second-order valence-corrected chi connectivity index (χ2v) is 7.98. The van der Waals surface area contributed by atoms with E-state index in [1.807, 2.05) is 40.7 Å². The van der Waals surface area contributed by atoms with Crippen LogP contribution in [0.2, 0.25) is 0 Å². The Bertz CT molecular complexity index is 1260. The molecule has 0 atom stereocenters. The molecule has 0 amide bonds. The first-order valence-corrected chi connectivity index (χ1v) is 12.0. The average molecular weight is 451 g/mol. The molecule has 0 unspecified atom stereocenters. The topological polar surface area (TPSA) is 44.1 Å². The minimum atomic E-state index is -0.203. The van der Waals surface area contributed by atoms with E-state index in [1.165, 1.54) is 5.56 Å². The van der Waals surface area contributed by atoms with Gasteiger partial charge in [-0.05, 0) is 60.9 Å². The second kappa shape index (κ2) is 10.4. The van der Waals surface area contributed by atoms with Crippen molar-refractivity contribution < 1.29 is 9.13 Å². The fourth-order valence-corrected chi connectivity index (χ4v) is 4.99. The molecule has 0 saturated carbocycles. The maximum absolute atomic E-state index is 14.5. The quantitative estimate of drug-likeness (QED) is 0.343. The number of nitrogens with zero attached hydrogens (tertiary/aromatic N) is 2. The Balaban J connectivity index is 0.000000728. The first-order chi connectivity index (χ1) is 16.0. The molecule has 4 nitrogen and oxygen atoms in total. The highest BCUT2D eigenvalue weighted by atomic mass is 19.1. The fraction of sp³-hybridized carbons (Fsp3) is 0.429. The van der Waals surface area contributed by atoms with Crippen LogP contribution < -0.4 is 5.56 Å². The number of pyridine rings is 2. The molecule has 5 heteroatoms. The van der Waals surface area contributed by atoms with Gasteiger partial charge in [0, 0.05) is 29.7 Å². The van der Waals surface area contributed by atoms with Crippen LogP contribution in [0.5, 0.6) is 0 Å². The summed E-state index contributed by atoms with van der Waals surface area (Å²) in [5.74, 6) is -0.203. The van der Waals surface area contributed by atoms with Gasteiger partial charge in [-0.25, -0.2) is 9.37 Å². The smallest absolute Gasteiger partial charge is 0.257 e.